The van der Waals surface area contributed by atoms with E-state index in [0.29, 0.717) is 23.7 Å². The maximum absolute atomic E-state index is 11.7. The molecule has 0 spiro atoms. The molecule has 1 heterocycles. The Morgan fingerprint density at radius 2 is 1.69 bits per heavy atom. The lowest BCUT2D eigenvalue weighted by Gasteiger charge is -2.14. The molecule has 2 aromatic carbocycles. The first kappa shape index (κ1) is 20.4. The fourth-order valence-electron chi connectivity index (χ4n) is 2.92. The van der Waals surface area contributed by atoms with Crippen molar-refractivity contribution < 1.29 is 19.4 Å². The van der Waals surface area contributed by atoms with Gasteiger partial charge in [-0.25, -0.2) is 9.78 Å². The summed E-state index contributed by atoms with van der Waals surface area (Å²) in [6, 6.07) is 16.8. The second-order valence-electron chi connectivity index (χ2n) is 6.95. The number of aromatic nitrogens is 1. The molecule has 0 aliphatic carbocycles. The van der Waals surface area contributed by atoms with Crippen LogP contribution in [0.4, 0.5) is 0 Å². The van der Waals surface area contributed by atoms with Crippen LogP contribution in [0.2, 0.25) is 0 Å². The zero-order valence-corrected chi connectivity index (χ0v) is 16.9. The van der Waals surface area contributed by atoms with Crippen LogP contribution in [0.1, 0.15) is 40.5 Å². The average molecular weight is 391 g/mol. The number of hydrogen-bond donors (Lipinski definition) is 1. The average Bonchev–Trinajstić information content (AvgIpc) is 2.72. The number of nitrogens with zero attached hydrogens (tertiary/aromatic N) is 1. The smallest absolute Gasteiger partial charge is 0.337 e. The summed E-state index contributed by atoms with van der Waals surface area (Å²) in [6.07, 6.45) is 0.897. The molecule has 0 radical (unpaired) electrons. The Labute approximate surface area is 171 Å². The van der Waals surface area contributed by atoms with Gasteiger partial charge in [-0.2, -0.15) is 0 Å². The maximum Gasteiger partial charge on any atom is 0.337 e. The van der Waals surface area contributed by atoms with Crippen molar-refractivity contribution in [2.24, 2.45) is 0 Å². The molecular weight excluding hydrogens is 366 g/mol. The Morgan fingerprint density at radius 3 is 2.38 bits per heavy atom. The van der Waals surface area contributed by atoms with E-state index in [9.17, 15) is 9.90 Å². The van der Waals surface area contributed by atoms with Crippen LogP contribution in [-0.4, -0.2) is 22.7 Å². The lowest BCUT2D eigenvalue weighted by Crippen LogP contribution is -2.09. The zero-order valence-electron chi connectivity index (χ0n) is 16.9. The first-order chi connectivity index (χ1) is 14.0. The highest BCUT2D eigenvalue weighted by atomic mass is 16.5. The summed E-state index contributed by atoms with van der Waals surface area (Å²) < 4.78 is 11.7. The van der Waals surface area contributed by atoms with Crippen LogP contribution in [0, 0.1) is 13.8 Å². The molecule has 0 saturated carbocycles. The molecule has 0 fully saturated rings. The number of pyridine rings is 1. The minimum Gasteiger partial charge on any atom is -0.493 e. The van der Waals surface area contributed by atoms with E-state index in [0.717, 1.165) is 28.9 Å². The van der Waals surface area contributed by atoms with E-state index in [1.807, 2.05) is 63.2 Å². The number of hydrogen-bond acceptors (Lipinski definition) is 4. The van der Waals surface area contributed by atoms with Gasteiger partial charge in [0.05, 0.1) is 23.6 Å². The molecule has 29 heavy (non-hydrogen) atoms. The molecule has 0 aliphatic rings. The van der Waals surface area contributed by atoms with Gasteiger partial charge in [-0.15, -0.1) is 0 Å². The van der Waals surface area contributed by atoms with Crippen LogP contribution in [0.5, 0.6) is 11.5 Å². The van der Waals surface area contributed by atoms with Gasteiger partial charge >= 0.3 is 5.97 Å². The number of rotatable bonds is 8. The molecule has 0 aliphatic heterocycles. The van der Waals surface area contributed by atoms with E-state index < -0.39 is 5.97 Å². The van der Waals surface area contributed by atoms with Crippen molar-refractivity contribution in [1.29, 1.82) is 0 Å². The van der Waals surface area contributed by atoms with E-state index in [1.165, 1.54) is 0 Å². The van der Waals surface area contributed by atoms with Crippen molar-refractivity contribution in [2.75, 3.05) is 6.61 Å². The molecule has 0 unspecified atom stereocenters. The van der Waals surface area contributed by atoms with Gasteiger partial charge < -0.3 is 14.6 Å². The molecule has 3 rings (SSSR count). The van der Waals surface area contributed by atoms with Crippen LogP contribution >= 0.6 is 0 Å². The SMILES string of the molecule is CCCOc1ccc(C)cc1-c1ccc(C(=O)O)c(COc2ccc(C)cc2)n1. The van der Waals surface area contributed by atoms with Crippen molar-refractivity contribution in [2.45, 2.75) is 33.8 Å². The Balaban J connectivity index is 1.95. The summed E-state index contributed by atoms with van der Waals surface area (Å²) in [5.41, 5.74) is 4.20. The minimum atomic E-state index is -1.03. The third kappa shape index (κ3) is 5.13. The monoisotopic (exact) mass is 391 g/mol. The van der Waals surface area contributed by atoms with Crippen LogP contribution in [0.15, 0.2) is 54.6 Å². The highest BCUT2D eigenvalue weighted by molar-refractivity contribution is 5.89. The molecule has 0 atom stereocenters. The minimum absolute atomic E-state index is 0.0650. The molecule has 5 nitrogen and oxygen atoms in total. The summed E-state index contributed by atoms with van der Waals surface area (Å²) in [6.45, 7) is 6.72. The normalized spacial score (nSPS) is 10.6. The molecule has 1 aromatic heterocycles. The topological polar surface area (TPSA) is 68.7 Å². The third-order valence-corrected chi connectivity index (χ3v) is 4.47. The molecule has 0 saturated heterocycles. The summed E-state index contributed by atoms with van der Waals surface area (Å²) in [4.78, 5) is 16.3. The number of benzene rings is 2. The summed E-state index contributed by atoms with van der Waals surface area (Å²) in [7, 11) is 0. The Kier molecular flexibility index (Phi) is 6.50. The van der Waals surface area contributed by atoms with Crippen molar-refractivity contribution in [3.05, 3.63) is 77.0 Å². The van der Waals surface area contributed by atoms with Crippen LogP contribution < -0.4 is 9.47 Å². The number of aromatic carboxylic acids is 1. The van der Waals surface area contributed by atoms with Gasteiger partial charge in [0.25, 0.3) is 0 Å². The number of aryl methyl sites for hydroxylation is 2. The largest absolute Gasteiger partial charge is 0.493 e. The fraction of sp³-hybridized carbons (Fsp3) is 0.250. The van der Waals surface area contributed by atoms with E-state index in [-0.39, 0.29) is 12.2 Å². The Bertz CT molecular complexity index is 996. The maximum atomic E-state index is 11.7. The van der Waals surface area contributed by atoms with Crippen LogP contribution in [0.3, 0.4) is 0 Å². The molecule has 5 heteroatoms. The quantitative estimate of drug-likeness (QED) is 0.554. The van der Waals surface area contributed by atoms with Gasteiger partial charge in [0.2, 0.25) is 0 Å². The number of carboxylic acids is 1. The first-order valence-corrected chi connectivity index (χ1v) is 9.64. The molecule has 0 amide bonds. The van der Waals surface area contributed by atoms with Gasteiger partial charge in [-0.1, -0.05) is 36.2 Å². The predicted octanol–water partition coefficient (Wildman–Crippen LogP) is 5.43. The standard InChI is InChI=1S/C24H25NO4/c1-4-13-28-23-12-7-17(3)14-20(23)21-11-10-19(24(26)27)22(25-21)15-29-18-8-5-16(2)6-9-18/h5-12,14H,4,13,15H2,1-3H3,(H,26,27). The van der Waals surface area contributed by atoms with Gasteiger partial charge in [0.1, 0.15) is 18.1 Å². The summed E-state index contributed by atoms with van der Waals surface area (Å²) >= 11 is 0. The summed E-state index contributed by atoms with van der Waals surface area (Å²) in [5, 5.41) is 9.56. The lowest BCUT2D eigenvalue weighted by molar-refractivity contribution is 0.0693. The van der Waals surface area contributed by atoms with E-state index in [2.05, 4.69) is 4.98 Å². The molecule has 150 valence electrons. The van der Waals surface area contributed by atoms with E-state index >= 15 is 0 Å². The third-order valence-electron chi connectivity index (χ3n) is 4.47. The van der Waals surface area contributed by atoms with Crippen LogP contribution in [-0.2, 0) is 6.61 Å². The van der Waals surface area contributed by atoms with E-state index in [4.69, 9.17) is 9.47 Å². The summed E-state index contributed by atoms with van der Waals surface area (Å²) in [5.74, 6) is 0.373. The number of carboxylic acid groups (broad SMARTS) is 1. The van der Waals surface area contributed by atoms with Crippen molar-refractivity contribution in [3.63, 3.8) is 0 Å². The van der Waals surface area contributed by atoms with Gasteiger partial charge in [-0.3, -0.25) is 0 Å². The van der Waals surface area contributed by atoms with Crippen molar-refractivity contribution >= 4 is 5.97 Å². The highest BCUT2D eigenvalue weighted by Gasteiger charge is 2.16. The van der Waals surface area contributed by atoms with Gasteiger partial charge in [-0.05, 0) is 56.7 Å². The van der Waals surface area contributed by atoms with Crippen molar-refractivity contribution in [1.82, 2.24) is 4.98 Å². The molecule has 1 N–H and O–H groups in total. The second kappa shape index (κ2) is 9.24. The molecule has 3 aromatic rings. The predicted molar refractivity (Wildman–Crippen MR) is 113 cm³/mol. The molecule has 0 bridgehead atoms. The second-order valence-corrected chi connectivity index (χ2v) is 6.95. The Morgan fingerprint density at radius 1 is 0.966 bits per heavy atom. The van der Waals surface area contributed by atoms with Gasteiger partial charge in [0, 0.05) is 5.56 Å². The Hall–Kier alpha value is -3.34. The molecular formula is C24H25NO4. The van der Waals surface area contributed by atoms with E-state index in [1.54, 1.807) is 12.1 Å². The number of ether oxygens (including phenoxy) is 2. The van der Waals surface area contributed by atoms with Gasteiger partial charge in [0.15, 0.2) is 0 Å². The highest BCUT2D eigenvalue weighted by Crippen LogP contribution is 2.31. The lowest BCUT2D eigenvalue weighted by atomic mass is 10.0. The van der Waals surface area contributed by atoms with Crippen molar-refractivity contribution in [3.8, 4) is 22.8 Å². The zero-order chi connectivity index (χ0) is 20.8. The first-order valence-electron chi connectivity index (χ1n) is 9.64. The number of carbonyl (C=O) groups is 1. The fourth-order valence-corrected chi connectivity index (χ4v) is 2.92. The van der Waals surface area contributed by atoms with Crippen LogP contribution in [0.25, 0.3) is 11.3 Å².